The van der Waals surface area contributed by atoms with Gasteiger partial charge in [0, 0.05) is 17.9 Å². The molecule has 0 radical (unpaired) electrons. The Morgan fingerprint density at radius 3 is 2.48 bits per heavy atom. The van der Waals surface area contributed by atoms with Crippen molar-refractivity contribution >= 4 is 34.7 Å². The van der Waals surface area contributed by atoms with Gasteiger partial charge in [-0.2, -0.15) is 0 Å². The zero-order chi connectivity index (χ0) is 15.2. The van der Waals surface area contributed by atoms with Crippen molar-refractivity contribution in [1.29, 1.82) is 0 Å². The second-order valence-corrected chi connectivity index (χ2v) is 5.15. The van der Waals surface area contributed by atoms with Gasteiger partial charge in [0.05, 0.1) is 10.0 Å². The van der Waals surface area contributed by atoms with E-state index in [9.17, 15) is 4.79 Å². The predicted octanol–water partition coefficient (Wildman–Crippen LogP) is 4.65. The number of ketones is 1. The van der Waals surface area contributed by atoms with Crippen LogP contribution in [0.1, 0.15) is 17.3 Å². The average molecular weight is 324 g/mol. The van der Waals surface area contributed by atoms with E-state index in [-0.39, 0.29) is 5.78 Å². The molecule has 5 heteroatoms. The molecular weight excluding hydrogens is 309 g/mol. The zero-order valence-corrected chi connectivity index (χ0v) is 13.0. The number of hydrogen-bond donors (Lipinski definition) is 1. The highest BCUT2D eigenvalue weighted by Crippen LogP contribution is 2.25. The minimum Gasteiger partial charge on any atom is -0.354 e. The van der Waals surface area contributed by atoms with Crippen LogP contribution in [-0.2, 0) is 4.74 Å². The van der Waals surface area contributed by atoms with Gasteiger partial charge in [0.2, 0.25) is 5.78 Å². The number of anilines is 1. The number of rotatable bonds is 6. The highest BCUT2D eigenvalue weighted by Gasteiger charge is 2.20. The molecule has 0 aliphatic carbocycles. The van der Waals surface area contributed by atoms with Gasteiger partial charge >= 0.3 is 0 Å². The van der Waals surface area contributed by atoms with Crippen molar-refractivity contribution in [2.24, 2.45) is 0 Å². The molecule has 0 spiro atoms. The third kappa shape index (κ3) is 4.21. The summed E-state index contributed by atoms with van der Waals surface area (Å²) in [6, 6.07) is 14.1. The fraction of sp³-hybridized carbons (Fsp3) is 0.188. The van der Waals surface area contributed by atoms with Gasteiger partial charge in [0.15, 0.2) is 6.23 Å². The number of carbonyl (C=O) groups is 1. The van der Waals surface area contributed by atoms with Crippen molar-refractivity contribution in [3.8, 4) is 0 Å². The van der Waals surface area contributed by atoms with Crippen LogP contribution in [0, 0.1) is 0 Å². The van der Waals surface area contributed by atoms with E-state index in [1.807, 2.05) is 25.1 Å². The summed E-state index contributed by atoms with van der Waals surface area (Å²) in [5, 5.41) is 3.91. The molecule has 2 aromatic rings. The van der Waals surface area contributed by atoms with E-state index in [0.717, 1.165) is 0 Å². The molecule has 0 saturated heterocycles. The average Bonchev–Trinajstić information content (AvgIpc) is 2.50. The van der Waals surface area contributed by atoms with Crippen molar-refractivity contribution in [3.63, 3.8) is 0 Å². The highest BCUT2D eigenvalue weighted by molar-refractivity contribution is 6.42. The quantitative estimate of drug-likeness (QED) is 0.621. The second kappa shape index (κ2) is 7.46. The fourth-order valence-corrected chi connectivity index (χ4v) is 2.14. The summed E-state index contributed by atoms with van der Waals surface area (Å²) in [5.74, 6) is -0.136. The molecule has 2 rings (SSSR count). The standard InChI is InChI=1S/C16H15Cl2NO2/c1-2-21-16(15(20)11-6-4-3-5-7-11)19-12-8-9-13(17)14(18)10-12/h3-10,16,19H,2H2,1H3/t16-/m0/s1. The summed E-state index contributed by atoms with van der Waals surface area (Å²) in [6.07, 6.45) is -0.769. The Kier molecular flexibility index (Phi) is 5.62. The zero-order valence-electron chi connectivity index (χ0n) is 11.5. The molecule has 0 aromatic heterocycles. The molecule has 2 aromatic carbocycles. The Morgan fingerprint density at radius 2 is 1.86 bits per heavy atom. The van der Waals surface area contributed by atoms with Crippen LogP contribution in [0.4, 0.5) is 5.69 Å². The van der Waals surface area contributed by atoms with Gasteiger partial charge in [-0.25, -0.2) is 0 Å². The molecule has 0 amide bonds. The lowest BCUT2D eigenvalue weighted by Gasteiger charge is -2.19. The Balaban J connectivity index is 2.19. The molecule has 0 saturated carbocycles. The third-order valence-electron chi connectivity index (χ3n) is 2.85. The van der Waals surface area contributed by atoms with Crippen molar-refractivity contribution in [2.75, 3.05) is 11.9 Å². The van der Waals surface area contributed by atoms with Crippen molar-refractivity contribution in [2.45, 2.75) is 13.2 Å². The minimum atomic E-state index is -0.769. The van der Waals surface area contributed by atoms with E-state index in [2.05, 4.69) is 5.32 Å². The van der Waals surface area contributed by atoms with Crippen LogP contribution in [0.15, 0.2) is 48.5 Å². The number of nitrogens with one attached hydrogen (secondary N) is 1. The van der Waals surface area contributed by atoms with Gasteiger partial charge in [0.1, 0.15) is 0 Å². The van der Waals surface area contributed by atoms with Crippen molar-refractivity contribution in [1.82, 2.24) is 0 Å². The molecule has 21 heavy (non-hydrogen) atoms. The first-order valence-corrected chi connectivity index (χ1v) is 7.30. The van der Waals surface area contributed by atoms with Gasteiger partial charge in [0.25, 0.3) is 0 Å². The molecule has 0 aliphatic rings. The molecule has 0 aliphatic heterocycles. The van der Waals surface area contributed by atoms with E-state index >= 15 is 0 Å². The molecule has 0 fully saturated rings. The lowest BCUT2D eigenvalue weighted by atomic mass is 10.1. The molecule has 110 valence electrons. The topological polar surface area (TPSA) is 38.3 Å². The first kappa shape index (κ1) is 15.8. The van der Waals surface area contributed by atoms with Gasteiger partial charge in [-0.05, 0) is 25.1 Å². The lowest BCUT2D eigenvalue weighted by molar-refractivity contribution is 0.0549. The highest BCUT2D eigenvalue weighted by atomic mass is 35.5. The number of benzene rings is 2. The first-order chi connectivity index (χ1) is 10.1. The van der Waals surface area contributed by atoms with Crippen molar-refractivity contribution < 1.29 is 9.53 Å². The number of hydrogen-bond acceptors (Lipinski definition) is 3. The van der Waals surface area contributed by atoms with E-state index in [1.165, 1.54) is 0 Å². The maximum atomic E-state index is 12.4. The third-order valence-corrected chi connectivity index (χ3v) is 3.59. The summed E-state index contributed by atoms with van der Waals surface area (Å²) >= 11 is 11.9. The van der Waals surface area contributed by atoms with E-state index in [4.69, 9.17) is 27.9 Å². The van der Waals surface area contributed by atoms with Crippen LogP contribution >= 0.6 is 23.2 Å². The summed E-state index contributed by atoms with van der Waals surface area (Å²) in [7, 11) is 0. The maximum Gasteiger partial charge on any atom is 0.212 e. The van der Waals surface area contributed by atoms with Gasteiger partial charge in [-0.3, -0.25) is 4.79 Å². The van der Waals surface area contributed by atoms with E-state index in [1.54, 1.807) is 30.3 Å². The monoisotopic (exact) mass is 323 g/mol. The number of halogens is 2. The SMILES string of the molecule is CCO[C@H](Nc1ccc(Cl)c(Cl)c1)C(=O)c1ccccc1. The second-order valence-electron chi connectivity index (χ2n) is 4.34. The Labute approximate surface area is 133 Å². The minimum absolute atomic E-state index is 0.136. The Bertz CT molecular complexity index is 617. The maximum absolute atomic E-state index is 12.4. The van der Waals surface area contributed by atoms with Gasteiger partial charge in [-0.1, -0.05) is 53.5 Å². The van der Waals surface area contributed by atoms with Crippen LogP contribution in [0.5, 0.6) is 0 Å². The first-order valence-electron chi connectivity index (χ1n) is 6.54. The summed E-state index contributed by atoms with van der Waals surface area (Å²) in [4.78, 5) is 12.4. The fourth-order valence-electron chi connectivity index (χ4n) is 1.84. The largest absolute Gasteiger partial charge is 0.354 e. The van der Waals surface area contributed by atoms with Crippen molar-refractivity contribution in [3.05, 3.63) is 64.1 Å². The van der Waals surface area contributed by atoms with E-state index < -0.39 is 6.23 Å². The molecule has 1 atom stereocenters. The van der Waals surface area contributed by atoms with Gasteiger partial charge in [-0.15, -0.1) is 0 Å². The van der Waals surface area contributed by atoms with E-state index in [0.29, 0.717) is 27.9 Å². The lowest BCUT2D eigenvalue weighted by Crippen LogP contribution is -2.32. The van der Waals surface area contributed by atoms with Crippen LogP contribution in [-0.4, -0.2) is 18.6 Å². The Hall–Kier alpha value is -1.55. The molecule has 0 bridgehead atoms. The number of ether oxygens (including phenoxy) is 1. The Morgan fingerprint density at radius 1 is 1.14 bits per heavy atom. The summed E-state index contributed by atoms with van der Waals surface area (Å²) in [5.41, 5.74) is 1.26. The summed E-state index contributed by atoms with van der Waals surface area (Å²) in [6.45, 7) is 2.25. The molecule has 3 nitrogen and oxygen atoms in total. The molecule has 0 unspecified atom stereocenters. The molecule has 0 heterocycles. The van der Waals surface area contributed by atoms with Crippen LogP contribution in [0.3, 0.4) is 0 Å². The summed E-state index contributed by atoms with van der Waals surface area (Å²) < 4.78 is 5.50. The number of carbonyl (C=O) groups excluding carboxylic acids is 1. The smallest absolute Gasteiger partial charge is 0.212 e. The number of Topliss-reactive ketones (excluding diaryl/α,β-unsaturated/α-hetero) is 1. The van der Waals surface area contributed by atoms with Gasteiger partial charge < -0.3 is 10.1 Å². The van der Waals surface area contributed by atoms with Crippen LogP contribution < -0.4 is 5.32 Å². The normalized spacial score (nSPS) is 12.0. The predicted molar refractivity (Wildman–Crippen MR) is 86.3 cm³/mol. The van der Waals surface area contributed by atoms with Crippen LogP contribution in [0.2, 0.25) is 10.0 Å². The molecule has 1 N–H and O–H groups in total. The van der Waals surface area contributed by atoms with Crippen LogP contribution in [0.25, 0.3) is 0 Å². The molecular formula is C16H15Cl2NO2.